The summed E-state index contributed by atoms with van der Waals surface area (Å²) in [5, 5.41) is 0. The predicted molar refractivity (Wildman–Crippen MR) is 132 cm³/mol. The molecule has 32 heavy (non-hydrogen) atoms. The summed E-state index contributed by atoms with van der Waals surface area (Å²) in [6, 6.07) is 5.64. The number of esters is 2. The number of benzene rings is 1. The van der Waals surface area contributed by atoms with Gasteiger partial charge in [0.05, 0.1) is 0 Å². The molecule has 0 bridgehead atoms. The first kappa shape index (κ1) is 28.2. The molecule has 1 aromatic carbocycles. The molecule has 1 rings (SSSR count). The molecule has 0 heterocycles. The van der Waals surface area contributed by atoms with Gasteiger partial charge in [-0.1, -0.05) is 85.6 Å². The van der Waals surface area contributed by atoms with E-state index in [1.165, 1.54) is 32.1 Å². The van der Waals surface area contributed by atoms with Crippen LogP contribution in [0, 0.1) is 11.8 Å². The SMILES string of the molecule is CCCCCCCCc1ccc(OC(=O)CCCC(C)C)c(OC(=O)CCCC(C)C)c1. The van der Waals surface area contributed by atoms with Gasteiger partial charge in [-0.2, -0.15) is 0 Å². The number of hydrogen-bond donors (Lipinski definition) is 0. The van der Waals surface area contributed by atoms with Gasteiger partial charge < -0.3 is 9.47 Å². The largest absolute Gasteiger partial charge is 0.423 e. The molecule has 0 amide bonds. The van der Waals surface area contributed by atoms with Crippen molar-refractivity contribution in [3.05, 3.63) is 23.8 Å². The van der Waals surface area contributed by atoms with Gasteiger partial charge in [0.1, 0.15) is 0 Å². The van der Waals surface area contributed by atoms with Crippen molar-refractivity contribution < 1.29 is 19.1 Å². The highest BCUT2D eigenvalue weighted by Gasteiger charge is 2.15. The second-order valence-corrected chi connectivity index (χ2v) is 9.82. The van der Waals surface area contributed by atoms with Crippen molar-refractivity contribution in [3.63, 3.8) is 0 Å². The summed E-state index contributed by atoms with van der Waals surface area (Å²) >= 11 is 0. The van der Waals surface area contributed by atoms with Gasteiger partial charge in [-0.05, 0) is 55.2 Å². The fourth-order valence-electron chi connectivity index (χ4n) is 3.64. The quantitative estimate of drug-likeness (QED) is 0.138. The van der Waals surface area contributed by atoms with Crippen LogP contribution in [0.15, 0.2) is 18.2 Å². The van der Waals surface area contributed by atoms with Gasteiger partial charge in [-0.15, -0.1) is 0 Å². The summed E-state index contributed by atoms with van der Waals surface area (Å²) in [6.07, 6.45) is 12.7. The molecule has 0 spiro atoms. The topological polar surface area (TPSA) is 52.6 Å². The van der Waals surface area contributed by atoms with Crippen LogP contribution in [0.5, 0.6) is 11.5 Å². The van der Waals surface area contributed by atoms with E-state index in [1.54, 1.807) is 6.07 Å². The lowest BCUT2D eigenvalue weighted by molar-refractivity contribution is -0.137. The Bertz CT molecular complexity index is 663. The Morgan fingerprint density at radius 1 is 0.719 bits per heavy atom. The Labute approximate surface area is 196 Å². The third kappa shape index (κ3) is 13.5. The molecule has 1 aromatic rings. The third-order valence-electron chi connectivity index (χ3n) is 5.60. The van der Waals surface area contributed by atoms with Crippen LogP contribution in [-0.4, -0.2) is 11.9 Å². The normalized spacial score (nSPS) is 11.2. The zero-order valence-electron chi connectivity index (χ0n) is 21.2. The van der Waals surface area contributed by atoms with Crippen LogP contribution in [-0.2, 0) is 16.0 Å². The highest BCUT2D eigenvalue weighted by molar-refractivity contribution is 5.76. The van der Waals surface area contributed by atoms with Gasteiger partial charge in [0.15, 0.2) is 11.5 Å². The van der Waals surface area contributed by atoms with Crippen LogP contribution in [0.25, 0.3) is 0 Å². The average molecular weight is 447 g/mol. The van der Waals surface area contributed by atoms with Crippen molar-refractivity contribution in [1.29, 1.82) is 0 Å². The first-order valence-corrected chi connectivity index (χ1v) is 12.9. The molecule has 0 unspecified atom stereocenters. The molecule has 182 valence electrons. The van der Waals surface area contributed by atoms with Crippen molar-refractivity contribution in [2.24, 2.45) is 11.8 Å². The molecule has 0 aliphatic rings. The molecular formula is C28H46O4. The summed E-state index contributed by atoms with van der Waals surface area (Å²) in [5.41, 5.74) is 1.12. The fourth-order valence-corrected chi connectivity index (χ4v) is 3.64. The molecule has 0 saturated heterocycles. The maximum Gasteiger partial charge on any atom is 0.311 e. The predicted octanol–water partition coefficient (Wildman–Crippen LogP) is 8.05. The molecule has 0 saturated carbocycles. The zero-order chi connectivity index (χ0) is 23.8. The average Bonchev–Trinajstić information content (AvgIpc) is 2.71. The van der Waals surface area contributed by atoms with E-state index in [0.29, 0.717) is 36.2 Å². The van der Waals surface area contributed by atoms with E-state index in [1.807, 2.05) is 12.1 Å². The molecule has 0 aliphatic carbocycles. The molecular weight excluding hydrogens is 400 g/mol. The maximum absolute atomic E-state index is 12.4. The molecule has 0 radical (unpaired) electrons. The summed E-state index contributed by atoms with van der Waals surface area (Å²) < 4.78 is 11.2. The Balaban J connectivity index is 2.73. The van der Waals surface area contributed by atoms with Gasteiger partial charge in [0, 0.05) is 12.8 Å². The smallest absolute Gasteiger partial charge is 0.311 e. The number of ether oxygens (including phenoxy) is 2. The standard InChI is InChI=1S/C28H46O4/c1-6-7-8-9-10-11-16-24-19-20-25(31-27(29)17-12-14-22(2)3)26(21-24)32-28(30)18-13-15-23(4)5/h19-23H,6-18H2,1-5H3. The van der Waals surface area contributed by atoms with E-state index in [4.69, 9.17) is 9.47 Å². The highest BCUT2D eigenvalue weighted by atomic mass is 16.6. The van der Waals surface area contributed by atoms with Crippen molar-refractivity contribution >= 4 is 11.9 Å². The number of rotatable bonds is 17. The van der Waals surface area contributed by atoms with Crippen molar-refractivity contribution in [3.8, 4) is 11.5 Å². The van der Waals surface area contributed by atoms with Crippen LogP contribution in [0.4, 0.5) is 0 Å². The summed E-state index contributed by atoms with van der Waals surface area (Å²) in [6.45, 7) is 10.8. The lowest BCUT2D eigenvalue weighted by atomic mass is 10.0. The summed E-state index contributed by atoms with van der Waals surface area (Å²) in [7, 11) is 0. The van der Waals surface area contributed by atoms with Gasteiger partial charge in [0.2, 0.25) is 0 Å². The van der Waals surface area contributed by atoms with Crippen molar-refractivity contribution in [2.45, 2.75) is 118 Å². The minimum atomic E-state index is -0.272. The van der Waals surface area contributed by atoms with E-state index in [0.717, 1.165) is 44.1 Å². The number of unbranched alkanes of at least 4 members (excludes halogenated alkanes) is 5. The lowest BCUT2D eigenvalue weighted by Gasteiger charge is -2.13. The van der Waals surface area contributed by atoms with E-state index in [2.05, 4.69) is 34.6 Å². The molecule has 0 fully saturated rings. The monoisotopic (exact) mass is 446 g/mol. The second kappa shape index (κ2) is 16.7. The van der Waals surface area contributed by atoms with E-state index >= 15 is 0 Å². The van der Waals surface area contributed by atoms with Crippen LogP contribution in [0.3, 0.4) is 0 Å². The third-order valence-corrected chi connectivity index (χ3v) is 5.60. The molecule has 0 aromatic heterocycles. The minimum Gasteiger partial charge on any atom is -0.423 e. The van der Waals surface area contributed by atoms with Crippen LogP contribution in [0.1, 0.15) is 117 Å². The first-order chi connectivity index (χ1) is 15.3. The number of carbonyl (C=O) groups is 2. The van der Waals surface area contributed by atoms with Crippen molar-refractivity contribution in [2.75, 3.05) is 0 Å². The van der Waals surface area contributed by atoms with Gasteiger partial charge in [-0.3, -0.25) is 9.59 Å². The van der Waals surface area contributed by atoms with Crippen LogP contribution in [0.2, 0.25) is 0 Å². The van der Waals surface area contributed by atoms with Crippen LogP contribution < -0.4 is 9.47 Å². The molecule has 0 atom stereocenters. The molecule has 4 heteroatoms. The van der Waals surface area contributed by atoms with Gasteiger partial charge in [0.25, 0.3) is 0 Å². The molecule has 0 N–H and O–H groups in total. The fraction of sp³-hybridized carbons (Fsp3) is 0.714. The molecule has 4 nitrogen and oxygen atoms in total. The summed E-state index contributed by atoms with van der Waals surface area (Å²) in [4.78, 5) is 24.7. The Hall–Kier alpha value is -1.84. The van der Waals surface area contributed by atoms with Crippen molar-refractivity contribution in [1.82, 2.24) is 0 Å². The Morgan fingerprint density at radius 2 is 1.25 bits per heavy atom. The van der Waals surface area contributed by atoms with Gasteiger partial charge >= 0.3 is 11.9 Å². The first-order valence-electron chi connectivity index (χ1n) is 12.9. The molecule has 0 aliphatic heterocycles. The van der Waals surface area contributed by atoms with E-state index < -0.39 is 0 Å². The Morgan fingerprint density at radius 3 is 1.81 bits per heavy atom. The Kier molecular flexibility index (Phi) is 14.8. The lowest BCUT2D eigenvalue weighted by Crippen LogP contribution is -2.12. The van der Waals surface area contributed by atoms with Gasteiger partial charge in [-0.25, -0.2) is 0 Å². The van der Waals surface area contributed by atoms with E-state index in [-0.39, 0.29) is 11.9 Å². The summed E-state index contributed by atoms with van der Waals surface area (Å²) in [5.74, 6) is 1.31. The number of hydrogen-bond acceptors (Lipinski definition) is 4. The number of aryl methyl sites for hydroxylation is 1. The zero-order valence-corrected chi connectivity index (χ0v) is 21.2. The van der Waals surface area contributed by atoms with E-state index in [9.17, 15) is 9.59 Å². The minimum absolute atomic E-state index is 0.264. The maximum atomic E-state index is 12.4. The highest BCUT2D eigenvalue weighted by Crippen LogP contribution is 2.30. The second-order valence-electron chi connectivity index (χ2n) is 9.82. The van der Waals surface area contributed by atoms with Crippen LogP contribution >= 0.6 is 0 Å². The number of carbonyl (C=O) groups excluding carboxylic acids is 2.